The number of carbonyl (C=O) groups excluding carboxylic acids is 1. The predicted octanol–water partition coefficient (Wildman–Crippen LogP) is -2.70. The predicted molar refractivity (Wildman–Crippen MR) is 15.8 cm³/mol. The van der Waals surface area contributed by atoms with Gasteiger partial charge in [-0.3, -0.25) is 0 Å². The van der Waals surface area contributed by atoms with E-state index < -0.39 is 5.91 Å². The molecule has 4 heteroatoms. The molecular formula is C2H4NNaO2. The van der Waals surface area contributed by atoms with Gasteiger partial charge in [0.1, 0.15) is 0 Å². The molecule has 0 saturated carbocycles. The van der Waals surface area contributed by atoms with E-state index in [1.807, 2.05) is 0 Å². The molecule has 0 aromatic carbocycles. The van der Waals surface area contributed by atoms with Crippen molar-refractivity contribution in [1.29, 1.82) is 0 Å². The first kappa shape index (κ1) is 9.66. The quantitative estimate of drug-likeness (QED) is 0.203. The Morgan fingerprint density at radius 1 is 1.83 bits per heavy atom. The zero-order chi connectivity index (χ0) is 4.28. The summed E-state index contributed by atoms with van der Waals surface area (Å²) in [6, 6.07) is 0. The Labute approximate surface area is 58.0 Å². The van der Waals surface area contributed by atoms with E-state index in [2.05, 4.69) is 5.48 Å². The van der Waals surface area contributed by atoms with E-state index >= 15 is 0 Å². The van der Waals surface area contributed by atoms with Gasteiger partial charge in [-0.05, 0) is 6.92 Å². The summed E-state index contributed by atoms with van der Waals surface area (Å²) in [6.07, 6.45) is 0. The number of amides is 1. The second kappa shape index (κ2) is 5.43. The van der Waals surface area contributed by atoms with Gasteiger partial charge in [0.05, 0.1) is 5.91 Å². The van der Waals surface area contributed by atoms with Gasteiger partial charge in [-0.1, -0.05) is 0 Å². The fourth-order valence-corrected chi connectivity index (χ4v) is 0. The molecule has 0 aliphatic rings. The second-order valence-electron chi connectivity index (χ2n) is 0.619. The Balaban J connectivity index is 0. The first-order chi connectivity index (χ1) is 2.27. The van der Waals surface area contributed by atoms with Gasteiger partial charge in [-0.2, -0.15) is 0 Å². The number of hydroxylamine groups is 1. The smallest absolute Gasteiger partial charge is 0.534 e. The SMILES string of the molecule is CC(=O)[N-]O.[Na+]. The van der Waals surface area contributed by atoms with Crippen LogP contribution in [0.2, 0.25) is 0 Å². The van der Waals surface area contributed by atoms with Gasteiger partial charge in [0, 0.05) is 0 Å². The van der Waals surface area contributed by atoms with E-state index in [0.717, 1.165) is 0 Å². The maximum Gasteiger partial charge on any atom is 1.00 e. The average molecular weight is 97.0 g/mol. The summed E-state index contributed by atoms with van der Waals surface area (Å²) in [6.45, 7) is 1.17. The van der Waals surface area contributed by atoms with Crippen LogP contribution in [0.3, 0.4) is 0 Å². The Hall–Kier alpha value is 0.430. The summed E-state index contributed by atoms with van der Waals surface area (Å²) >= 11 is 0. The zero-order valence-corrected chi connectivity index (χ0v) is 5.80. The minimum absolute atomic E-state index is 0. The van der Waals surface area contributed by atoms with Crippen molar-refractivity contribution in [2.24, 2.45) is 0 Å². The molecule has 0 rings (SSSR count). The number of carbonyl (C=O) groups is 1. The van der Waals surface area contributed by atoms with Crippen molar-refractivity contribution in [1.82, 2.24) is 0 Å². The number of hydrogen-bond donors (Lipinski definition) is 1. The maximum atomic E-state index is 9.40. The van der Waals surface area contributed by atoms with E-state index in [0.29, 0.717) is 0 Å². The van der Waals surface area contributed by atoms with Crippen molar-refractivity contribution in [3.05, 3.63) is 5.48 Å². The molecule has 0 aliphatic carbocycles. The van der Waals surface area contributed by atoms with E-state index in [1.54, 1.807) is 0 Å². The topological polar surface area (TPSA) is 51.4 Å². The van der Waals surface area contributed by atoms with Crippen LogP contribution >= 0.6 is 0 Å². The van der Waals surface area contributed by atoms with Crippen LogP contribution in [0.4, 0.5) is 0 Å². The molecule has 30 valence electrons. The number of rotatable bonds is 0. The van der Waals surface area contributed by atoms with Crippen molar-refractivity contribution in [2.45, 2.75) is 6.92 Å². The second-order valence-corrected chi connectivity index (χ2v) is 0.619. The zero-order valence-electron chi connectivity index (χ0n) is 3.80. The van der Waals surface area contributed by atoms with Crippen LogP contribution in [0.1, 0.15) is 6.92 Å². The molecule has 3 nitrogen and oxygen atoms in total. The van der Waals surface area contributed by atoms with Crippen LogP contribution in [-0.2, 0) is 4.79 Å². The Morgan fingerprint density at radius 3 is 2.00 bits per heavy atom. The summed E-state index contributed by atoms with van der Waals surface area (Å²) in [5, 5.41) is 7.42. The van der Waals surface area contributed by atoms with Crippen molar-refractivity contribution in [3.8, 4) is 0 Å². The Morgan fingerprint density at radius 2 is 2.00 bits per heavy atom. The third-order valence-electron chi connectivity index (χ3n) is 0.141. The average Bonchev–Trinajstić information content (AvgIpc) is 1.38. The Kier molecular flexibility index (Phi) is 8.74. The van der Waals surface area contributed by atoms with Crippen molar-refractivity contribution in [3.63, 3.8) is 0 Å². The van der Waals surface area contributed by atoms with Gasteiger partial charge in [0.2, 0.25) is 0 Å². The van der Waals surface area contributed by atoms with E-state index in [1.165, 1.54) is 6.92 Å². The Bertz CT molecular complexity index is 46.8. The minimum atomic E-state index is -0.565. The molecule has 0 aromatic rings. The van der Waals surface area contributed by atoms with Gasteiger partial charge in [0.15, 0.2) is 0 Å². The molecule has 0 aliphatic heterocycles. The maximum absolute atomic E-state index is 9.40. The molecular weight excluding hydrogens is 93.0 g/mol. The molecule has 0 bridgehead atoms. The summed E-state index contributed by atoms with van der Waals surface area (Å²) in [5.41, 5.74) is 2.25. The van der Waals surface area contributed by atoms with Crippen molar-refractivity contribution >= 4 is 5.91 Å². The van der Waals surface area contributed by atoms with Gasteiger partial charge in [-0.25, -0.2) is 0 Å². The third kappa shape index (κ3) is 8.83. The van der Waals surface area contributed by atoms with Crippen LogP contribution in [0.25, 0.3) is 5.48 Å². The summed E-state index contributed by atoms with van der Waals surface area (Å²) < 4.78 is 0. The monoisotopic (exact) mass is 97.0 g/mol. The molecule has 0 unspecified atom stereocenters. The first-order valence-corrected chi connectivity index (χ1v) is 1.13. The van der Waals surface area contributed by atoms with Crippen LogP contribution in [0, 0.1) is 0 Å². The normalized spacial score (nSPS) is 5.67. The molecule has 1 N–H and O–H groups in total. The van der Waals surface area contributed by atoms with Crippen LogP contribution in [0.15, 0.2) is 0 Å². The summed E-state index contributed by atoms with van der Waals surface area (Å²) in [5.74, 6) is -0.565. The number of nitrogens with zero attached hydrogens (tertiary/aromatic N) is 1. The van der Waals surface area contributed by atoms with Gasteiger partial charge >= 0.3 is 29.6 Å². The molecule has 0 heterocycles. The molecule has 1 amide bonds. The molecule has 0 fully saturated rings. The van der Waals surface area contributed by atoms with Gasteiger partial charge in [0.25, 0.3) is 0 Å². The van der Waals surface area contributed by atoms with Crippen molar-refractivity contribution < 1.29 is 39.6 Å². The third-order valence-corrected chi connectivity index (χ3v) is 0.141. The van der Waals surface area contributed by atoms with Crippen LogP contribution < -0.4 is 29.6 Å². The molecule has 0 spiro atoms. The summed E-state index contributed by atoms with van der Waals surface area (Å²) in [7, 11) is 0. The number of hydrogen-bond acceptors (Lipinski definition) is 2. The van der Waals surface area contributed by atoms with E-state index in [9.17, 15) is 4.79 Å². The summed E-state index contributed by atoms with van der Waals surface area (Å²) in [4.78, 5) is 9.40. The molecule has 0 radical (unpaired) electrons. The molecule has 6 heavy (non-hydrogen) atoms. The van der Waals surface area contributed by atoms with Gasteiger partial charge < -0.3 is 15.5 Å². The molecule has 0 atom stereocenters. The van der Waals surface area contributed by atoms with Crippen LogP contribution in [-0.4, -0.2) is 11.1 Å². The standard InChI is InChI=1S/C2H5NO2.Na/c1-2(4)3-5;/h1H3,(H2,3,4,5);/q;+1/p-1. The minimum Gasteiger partial charge on any atom is -0.534 e. The first-order valence-electron chi connectivity index (χ1n) is 1.13. The molecule has 0 aromatic heterocycles. The van der Waals surface area contributed by atoms with E-state index in [-0.39, 0.29) is 29.6 Å². The molecule has 0 saturated heterocycles. The van der Waals surface area contributed by atoms with Crippen molar-refractivity contribution in [2.75, 3.05) is 0 Å². The van der Waals surface area contributed by atoms with Gasteiger partial charge in [-0.15, -0.1) is 0 Å². The fourth-order valence-electron chi connectivity index (χ4n) is 0. The largest absolute Gasteiger partial charge is 1.00 e. The van der Waals surface area contributed by atoms with E-state index in [4.69, 9.17) is 5.21 Å². The van der Waals surface area contributed by atoms with Crippen LogP contribution in [0.5, 0.6) is 0 Å². The fraction of sp³-hybridized carbons (Fsp3) is 0.500.